The van der Waals surface area contributed by atoms with Gasteiger partial charge in [0.1, 0.15) is 23.9 Å². The molecule has 0 saturated heterocycles. The third kappa shape index (κ3) is 6.09. The Morgan fingerprint density at radius 2 is 1.84 bits per heavy atom. The number of nitrogen functional groups attached to an aromatic ring is 1. The molecular weight excluding hydrogens is 486 g/mol. The molecule has 4 rings (SSSR count). The number of hydrogen-bond donors (Lipinski definition) is 3. The van der Waals surface area contributed by atoms with E-state index in [9.17, 15) is 5.11 Å². The standard InChI is InChI=1S/C30H34ClN3O3/c1-18-15-25(16-19(2)29(18)31)36-14-6-7-22(10-11-23-12-13-24(17-35)37-23)26-8-5-9-27(30(26)32)28-20(3)33-34-21(28)4/h5,8-10,12-13,15-16,35H,6-7,11,14,17,32H2,1-4H3,(H,33,34)/b22-10+. The monoisotopic (exact) mass is 519 g/mol. The average Bonchev–Trinajstić information content (AvgIpc) is 3.48. The summed E-state index contributed by atoms with van der Waals surface area (Å²) in [5.74, 6) is 2.17. The molecular formula is C30H34ClN3O3. The van der Waals surface area contributed by atoms with Gasteiger partial charge in [0.15, 0.2) is 0 Å². The lowest BCUT2D eigenvalue weighted by Gasteiger charge is -2.16. The number of hydrogen-bond acceptors (Lipinski definition) is 5. The maximum absolute atomic E-state index is 9.34. The van der Waals surface area contributed by atoms with Gasteiger partial charge < -0.3 is 20.0 Å². The quantitative estimate of drug-likeness (QED) is 0.153. The second kappa shape index (κ2) is 11.7. The van der Waals surface area contributed by atoms with Gasteiger partial charge >= 0.3 is 0 Å². The summed E-state index contributed by atoms with van der Waals surface area (Å²) in [6, 6.07) is 13.8. The van der Waals surface area contributed by atoms with Crippen LogP contribution in [-0.2, 0) is 13.0 Å². The van der Waals surface area contributed by atoms with E-state index in [1.54, 1.807) is 6.07 Å². The number of H-pyrrole nitrogens is 1. The number of allylic oxidation sites excluding steroid dienone is 2. The van der Waals surface area contributed by atoms with Gasteiger partial charge in [-0.3, -0.25) is 5.10 Å². The van der Waals surface area contributed by atoms with Crippen molar-refractivity contribution in [3.8, 4) is 16.9 Å². The number of nitrogens with two attached hydrogens (primary N) is 1. The highest BCUT2D eigenvalue weighted by molar-refractivity contribution is 6.32. The first-order valence-electron chi connectivity index (χ1n) is 12.5. The third-order valence-corrected chi connectivity index (χ3v) is 7.14. The largest absolute Gasteiger partial charge is 0.494 e. The number of halogens is 1. The van der Waals surface area contributed by atoms with Crippen LogP contribution in [0.3, 0.4) is 0 Å². The molecule has 0 aliphatic carbocycles. The molecule has 2 heterocycles. The zero-order chi connectivity index (χ0) is 26.5. The molecule has 0 atom stereocenters. The van der Waals surface area contributed by atoms with Crippen molar-refractivity contribution in [2.24, 2.45) is 0 Å². The first kappa shape index (κ1) is 26.6. The van der Waals surface area contributed by atoms with Crippen LogP contribution < -0.4 is 10.5 Å². The van der Waals surface area contributed by atoms with E-state index in [1.807, 2.05) is 58.0 Å². The van der Waals surface area contributed by atoms with Gasteiger partial charge in [-0.1, -0.05) is 35.9 Å². The predicted molar refractivity (Wildman–Crippen MR) is 150 cm³/mol. The van der Waals surface area contributed by atoms with Gasteiger partial charge in [0.05, 0.1) is 12.3 Å². The lowest BCUT2D eigenvalue weighted by atomic mass is 9.92. The molecule has 7 heteroatoms. The van der Waals surface area contributed by atoms with Crippen LogP contribution in [0, 0.1) is 27.7 Å². The number of ether oxygens (including phenoxy) is 1. The van der Waals surface area contributed by atoms with Crippen molar-refractivity contribution in [2.75, 3.05) is 12.3 Å². The number of para-hydroxylation sites is 1. The lowest BCUT2D eigenvalue weighted by molar-refractivity contribution is 0.244. The Morgan fingerprint density at radius 1 is 1.11 bits per heavy atom. The van der Waals surface area contributed by atoms with E-state index in [1.165, 1.54) is 0 Å². The number of rotatable bonds is 10. The molecule has 194 valence electrons. The van der Waals surface area contributed by atoms with Crippen LogP contribution in [-0.4, -0.2) is 21.9 Å². The molecule has 4 aromatic rings. The van der Waals surface area contributed by atoms with Crippen LogP contribution in [0.5, 0.6) is 5.75 Å². The summed E-state index contributed by atoms with van der Waals surface area (Å²) in [6.45, 7) is 8.40. The topological polar surface area (TPSA) is 97.3 Å². The van der Waals surface area contributed by atoms with Crippen molar-refractivity contribution in [1.82, 2.24) is 10.2 Å². The fourth-order valence-electron chi connectivity index (χ4n) is 4.64. The zero-order valence-corrected chi connectivity index (χ0v) is 22.6. The van der Waals surface area contributed by atoms with Gasteiger partial charge in [0.25, 0.3) is 0 Å². The van der Waals surface area contributed by atoms with E-state index in [0.717, 1.165) is 79.8 Å². The Hall–Kier alpha value is -3.48. The number of aromatic amines is 1. The minimum atomic E-state index is -0.115. The highest BCUT2D eigenvalue weighted by Gasteiger charge is 2.16. The smallest absolute Gasteiger partial charge is 0.129 e. The average molecular weight is 520 g/mol. The van der Waals surface area contributed by atoms with Crippen LogP contribution in [0.2, 0.25) is 5.02 Å². The maximum atomic E-state index is 9.34. The third-order valence-electron chi connectivity index (χ3n) is 6.54. The Kier molecular flexibility index (Phi) is 8.41. The first-order valence-corrected chi connectivity index (χ1v) is 12.8. The van der Waals surface area contributed by atoms with E-state index in [4.69, 9.17) is 26.5 Å². The van der Waals surface area contributed by atoms with Crippen LogP contribution in [0.4, 0.5) is 5.69 Å². The fourth-order valence-corrected chi connectivity index (χ4v) is 4.75. The van der Waals surface area contributed by atoms with Gasteiger partial charge in [-0.25, -0.2) is 0 Å². The summed E-state index contributed by atoms with van der Waals surface area (Å²) in [4.78, 5) is 0. The number of nitrogens with zero attached hydrogens (tertiary/aromatic N) is 1. The number of benzene rings is 2. The normalized spacial score (nSPS) is 11.8. The summed E-state index contributed by atoms with van der Waals surface area (Å²) in [5, 5.41) is 17.5. The van der Waals surface area contributed by atoms with Crippen molar-refractivity contribution in [2.45, 2.75) is 53.6 Å². The second-order valence-electron chi connectivity index (χ2n) is 9.36. The van der Waals surface area contributed by atoms with E-state index in [2.05, 4.69) is 22.3 Å². The molecule has 0 spiro atoms. The fraction of sp³-hybridized carbons (Fsp3) is 0.300. The molecule has 0 amide bonds. The SMILES string of the molecule is Cc1cc(OCCC/C(=C\Cc2ccc(CO)o2)c2cccc(-c3c(C)n[nH]c3C)c2N)cc(C)c1Cl. The zero-order valence-electron chi connectivity index (χ0n) is 21.8. The minimum Gasteiger partial charge on any atom is -0.494 e. The first-order chi connectivity index (χ1) is 17.8. The molecule has 2 aromatic carbocycles. The molecule has 0 bridgehead atoms. The van der Waals surface area contributed by atoms with Crippen molar-refractivity contribution < 1.29 is 14.3 Å². The summed E-state index contributed by atoms with van der Waals surface area (Å²) in [5.41, 5.74) is 15.5. The van der Waals surface area contributed by atoms with Crippen LogP contribution in [0.15, 0.2) is 53.0 Å². The molecule has 37 heavy (non-hydrogen) atoms. The molecule has 0 fully saturated rings. The molecule has 4 N–H and O–H groups in total. The second-order valence-corrected chi connectivity index (χ2v) is 9.74. The molecule has 0 aliphatic rings. The lowest BCUT2D eigenvalue weighted by Crippen LogP contribution is -2.02. The Morgan fingerprint density at radius 3 is 2.49 bits per heavy atom. The molecule has 2 aromatic heterocycles. The summed E-state index contributed by atoms with van der Waals surface area (Å²) >= 11 is 6.30. The number of aryl methyl sites for hydroxylation is 4. The highest BCUT2D eigenvalue weighted by atomic mass is 35.5. The summed E-state index contributed by atoms with van der Waals surface area (Å²) < 4.78 is 11.8. The number of nitrogens with one attached hydrogen (secondary N) is 1. The number of furan rings is 1. The van der Waals surface area contributed by atoms with Gasteiger partial charge in [-0.2, -0.15) is 5.10 Å². The van der Waals surface area contributed by atoms with Gasteiger partial charge in [0.2, 0.25) is 0 Å². The molecule has 0 aliphatic heterocycles. The maximum Gasteiger partial charge on any atom is 0.129 e. The van der Waals surface area contributed by atoms with Gasteiger partial charge in [0, 0.05) is 39.5 Å². The summed E-state index contributed by atoms with van der Waals surface area (Å²) in [6.07, 6.45) is 4.33. The predicted octanol–water partition coefficient (Wildman–Crippen LogP) is 7.12. The van der Waals surface area contributed by atoms with Crippen LogP contribution >= 0.6 is 11.6 Å². The van der Waals surface area contributed by atoms with E-state index >= 15 is 0 Å². The van der Waals surface area contributed by atoms with Crippen molar-refractivity contribution in [3.05, 3.63) is 93.2 Å². The van der Waals surface area contributed by atoms with E-state index in [-0.39, 0.29) is 6.61 Å². The van der Waals surface area contributed by atoms with Gasteiger partial charge in [-0.05, 0) is 81.5 Å². The Bertz CT molecular complexity index is 1370. The minimum absolute atomic E-state index is 0.115. The summed E-state index contributed by atoms with van der Waals surface area (Å²) in [7, 11) is 0. The Balaban J connectivity index is 1.58. The number of aromatic nitrogens is 2. The molecule has 0 unspecified atom stereocenters. The number of anilines is 1. The van der Waals surface area contributed by atoms with Crippen LogP contribution in [0.25, 0.3) is 16.7 Å². The molecule has 0 saturated carbocycles. The van der Waals surface area contributed by atoms with Crippen molar-refractivity contribution >= 4 is 22.9 Å². The van der Waals surface area contributed by atoms with Crippen molar-refractivity contribution in [1.29, 1.82) is 0 Å². The molecule has 6 nitrogen and oxygen atoms in total. The number of aliphatic hydroxyl groups is 1. The molecule has 0 radical (unpaired) electrons. The van der Waals surface area contributed by atoms with Crippen LogP contribution in [0.1, 0.15) is 52.4 Å². The van der Waals surface area contributed by atoms with E-state index in [0.29, 0.717) is 18.8 Å². The Labute approximate surface area is 223 Å². The number of aliphatic hydroxyl groups excluding tert-OH is 1. The van der Waals surface area contributed by atoms with E-state index < -0.39 is 0 Å². The highest BCUT2D eigenvalue weighted by Crippen LogP contribution is 2.36. The van der Waals surface area contributed by atoms with Gasteiger partial charge in [-0.15, -0.1) is 0 Å². The van der Waals surface area contributed by atoms with Crippen molar-refractivity contribution in [3.63, 3.8) is 0 Å².